The summed E-state index contributed by atoms with van der Waals surface area (Å²) in [6.07, 6.45) is 15.9. The van der Waals surface area contributed by atoms with Crippen LogP contribution in [0.2, 0.25) is 0 Å². The van der Waals surface area contributed by atoms with Crippen LogP contribution in [0.15, 0.2) is 12.2 Å². The molecular formula is C17H30. The van der Waals surface area contributed by atoms with E-state index in [0.29, 0.717) is 0 Å². The molecule has 0 spiro atoms. The van der Waals surface area contributed by atoms with Crippen molar-refractivity contribution in [2.75, 3.05) is 0 Å². The maximum atomic E-state index is 4.41. The van der Waals surface area contributed by atoms with Crippen molar-refractivity contribution in [2.45, 2.75) is 77.6 Å². The molecule has 0 aliphatic heterocycles. The van der Waals surface area contributed by atoms with Gasteiger partial charge in [0.15, 0.2) is 0 Å². The zero-order valence-corrected chi connectivity index (χ0v) is 11.7. The normalized spacial score (nSPS) is 25.7. The molecule has 0 N–H and O–H groups in total. The summed E-state index contributed by atoms with van der Waals surface area (Å²) in [5.41, 5.74) is 1.59. The van der Waals surface area contributed by atoms with E-state index in [0.717, 1.165) is 17.8 Å². The van der Waals surface area contributed by atoms with E-state index in [1.165, 1.54) is 70.6 Å². The van der Waals surface area contributed by atoms with Crippen molar-refractivity contribution in [3.8, 4) is 0 Å². The van der Waals surface area contributed by atoms with Crippen molar-refractivity contribution in [1.29, 1.82) is 0 Å². The maximum absolute atomic E-state index is 4.41. The second-order valence-corrected chi connectivity index (χ2v) is 6.57. The van der Waals surface area contributed by atoms with E-state index in [2.05, 4.69) is 13.5 Å². The quantitative estimate of drug-likeness (QED) is 0.545. The van der Waals surface area contributed by atoms with Gasteiger partial charge in [-0.05, 0) is 37.0 Å². The van der Waals surface area contributed by atoms with Crippen LogP contribution in [0.5, 0.6) is 0 Å². The van der Waals surface area contributed by atoms with Crippen LogP contribution in [0.1, 0.15) is 77.6 Å². The maximum Gasteiger partial charge on any atom is -0.0206 e. The highest BCUT2D eigenvalue weighted by Crippen LogP contribution is 2.37. The van der Waals surface area contributed by atoms with Crippen molar-refractivity contribution >= 4 is 0 Å². The third kappa shape index (κ3) is 3.86. The summed E-state index contributed by atoms with van der Waals surface area (Å²) >= 11 is 0. The molecule has 2 aliphatic carbocycles. The lowest BCUT2D eigenvalue weighted by Crippen LogP contribution is -2.18. The van der Waals surface area contributed by atoms with Crippen LogP contribution < -0.4 is 0 Å². The van der Waals surface area contributed by atoms with Gasteiger partial charge in [0.05, 0.1) is 0 Å². The Hall–Kier alpha value is -0.260. The summed E-state index contributed by atoms with van der Waals surface area (Å²) < 4.78 is 0. The average molecular weight is 234 g/mol. The summed E-state index contributed by atoms with van der Waals surface area (Å²) in [7, 11) is 0. The Bertz CT molecular complexity index is 228. The molecule has 0 heterocycles. The molecule has 0 radical (unpaired) electrons. The molecule has 98 valence electrons. The molecule has 0 aromatic heterocycles. The zero-order chi connectivity index (χ0) is 12.1. The predicted molar refractivity (Wildman–Crippen MR) is 76.1 cm³/mol. The van der Waals surface area contributed by atoms with E-state index in [9.17, 15) is 0 Å². The molecule has 1 atom stereocenters. The molecule has 1 unspecified atom stereocenters. The average Bonchev–Trinajstić information content (AvgIpc) is 2.40. The Balaban J connectivity index is 1.76. The molecule has 0 aromatic rings. The van der Waals surface area contributed by atoms with Crippen LogP contribution in [0.25, 0.3) is 0 Å². The lowest BCUT2D eigenvalue weighted by atomic mass is 9.75. The lowest BCUT2D eigenvalue weighted by Gasteiger charge is -2.31. The van der Waals surface area contributed by atoms with Gasteiger partial charge in [-0.25, -0.2) is 0 Å². The highest BCUT2D eigenvalue weighted by Gasteiger charge is 2.23. The fraction of sp³-hybridized carbons (Fsp3) is 0.882. The Morgan fingerprint density at radius 2 is 1.47 bits per heavy atom. The van der Waals surface area contributed by atoms with Gasteiger partial charge < -0.3 is 0 Å². The molecular weight excluding hydrogens is 204 g/mol. The zero-order valence-electron chi connectivity index (χ0n) is 11.7. The largest absolute Gasteiger partial charge is 0.0996 e. The van der Waals surface area contributed by atoms with Crippen LogP contribution in [-0.2, 0) is 0 Å². The Kier molecular flexibility index (Phi) is 5.13. The molecule has 2 aliphatic rings. The molecule has 0 amide bonds. The van der Waals surface area contributed by atoms with Crippen molar-refractivity contribution in [2.24, 2.45) is 17.8 Å². The second kappa shape index (κ2) is 6.61. The highest BCUT2D eigenvalue weighted by molar-refractivity contribution is 5.03. The van der Waals surface area contributed by atoms with Crippen molar-refractivity contribution in [3.63, 3.8) is 0 Å². The van der Waals surface area contributed by atoms with E-state index in [-0.39, 0.29) is 0 Å². The second-order valence-electron chi connectivity index (χ2n) is 6.57. The van der Waals surface area contributed by atoms with Crippen LogP contribution >= 0.6 is 0 Å². The topological polar surface area (TPSA) is 0 Å². The highest BCUT2D eigenvalue weighted by atomic mass is 14.3. The molecule has 17 heavy (non-hydrogen) atoms. The number of allylic oxidation sites excluding steroid dienone is 1. The van der Waals surface area contributed by atoms with Crippen molar-refractivity contribution < 1.29 is 0 Å². The molecule has 0 heteroatoms. The first-order chi connectivity index (χ1) is 8.27. The van der Waals surface area contributed by atoms with E-state index in [4.69, 9.17) is 0 Å². The molecule has 2 rings (SSSR count). The summed E-state index contributed by atoms with van der Waals surface area (Å²) in [6, 6.07) is 0. The van der Waals surface area contributed by atoms with Gasteiger partial charge in [0.1, 0.15) is 0 Å². The standard InChI is InChI=1S/C17H30/c1-14(16-9-5-3-6-10-16)13-15(2)17-11-7-4-8-12-17/h15-17H,1,3-13H2,2H3. The molecule has 0 saturated heterocycles. The van der Waals surface area contributed by atoms with Crippen LogP contribution in [0, 0.1) is 17.8 Å². The number of rotatable bonds is 4. The van der Waals surface area contributed by atoms with E-state index in [1.54, 1.807) is 5.57 Å². The Labute approximate surface area is 108 Å². The lowest BCUT2D eigenvalue weighted by molar-refractivity contribution is 0.254. The van der Waals surface area contributed by atoms with Gasteiger partial charge in [0.25, 0.3) is 0 Å². The molecule has 0 bridgehead atoms. The van der Waals surface area contributed by atoms with Crippen LogP contribution in [-0.4, -0.2) is 0 Å². The van der Waals surface area contributed by atoms with Gasteiger partial charge >= 0.3 is 0 Å². The smallest absolute Gasteiger partial charge is 0.0206 e. The number of hydrogen-bond acceptors (Lipinski definition) is 0. The monoisotopic (exact) mass is 234 g/mol. The summed E-state index contributed by atoms with van der Waals surface area (Å²) in [5.74, 6) is 2.77. The van der Waals surface area contributed by atoms with E-state index in [1.807, 2.05) is 0 Å². The van der Waals surface area contributed by atoms with Gasteiger partial charge in [0, 0.05) is 0 Å². The van der Waals surface area contributed by atoms with Crippen LogP contribution in [0.4, 0.5) is 0 Å². The van der Waals surface area contributed by atoms with Gasteiger partial charge in [-0.1, -0.05) is 70.4 Å². The van der Waals surface area contributed by atoms with E-state index < -0.39 is 0 Å². The minimum atomic E-state index is 0.870. The minimum absolute atomic E-state index is 0.870. The van der Waals surface area contributed by atoms with Crippen molar-refractivity contribution in [3.05, 3.63) is 12.2 Å². The van der Waals surface area contributed by atoms with Gasteiger partial charge in [0.2, 0.25) is 0 Å². The van der Waals surface area contributed by atoms with Crippen LogP contribution in [0.3, 0.4) is 0 Å². The van der Waals surface area contributed by atoms with E-state index >= 15 is 0 Å². The third-order valence-corrected chi connectivity index (χ3v) is 5.22. The van der Waals surface area contributed by atoms with Gasteiger partial charge in [-0.2, -0.15) is 0 Å². The SMILES string of the molecule is C=C(CC(C)C1CCCCC1)C1CCCCC1. The van der Waals surface area contributed by atoms with Gasteiger partial charge in [-0.3, -0.25) is 0 Å². The first-order valence-corrected chi connectivity index (χ1v) is 7.95. The summed E-state index contributed by atoms with van der Waals surface area (Å²) in [4.78, 5) is 0. The fourth-order valence-corrected chi connectivity index (χ4v) is 3.96. The fourth-order valence-electron chi connectivity index (χ4n) is 3.96. The predicted octanol–water partition coefficient (Wildman–Crippen LogP) is 5.73. The third-order valence-electron chi connectivity index (χ3n) is 5.22. The molecule has 2 saturated carbocycles. The first-order valence-electron chi connectivity index (χ1n) is 7.95. The summed E-state index contributed by atoms with van der Waals surface area (Å²) in [5, 5.41) is 0. The number of hydrogen-bond donors (Lipinski definition) is 0. The molecule has 0 nitrogen and oxygen atoms in total. The summed E-state index contributed by atoms with van der Waals surface area (Å²) in [6.45, 7) is 6.89. The van der Waals surface area contributed by atoms with Gasteiger partial charge in [-0.15, -0.1) is 0 Å². The molecule has 0 aromatic carbocycles. The Morgan fingerprint density at radius 1 is 0.941 bits per heavy atom. The first kappa shape index (κ1) is 13.2. The molecule has 2 fully saturated rings. The Morgan fingerprint density at radius 3 is 2.06 bits per heavy atom. The van der Waals surface area contributed by atoms with Crippen molar-refractivity contribution in [1.82, 2.24) is 0 Å². The minimum Gasteiger partial charge on any atom is -0.0996 e.